The van der Waals surface area contributed by atoms with E-state index in [-0.39, 0.29) is 0 Å². The average molecular weight is 312 g/mol. The first kappa shape index (κ1) is 13.2. The van der Waals surface area contributed by atoms with Crippen molar-refractivity contribution >= 4 is 15.9 Å². The topological polar surface area (TPSA) is 74.2 Å². The summed E-state index contributed by atoms with van der Waals surface area (Å²) < 4.78 is 11.3. The molecule has 0 saturated carbocycles. The number of nitrogens with two attached hydrogens (primary N) is 1. The zero-order valence-electron chi connectivity index (χ0n) is 9.80. The van der Waals surface area contributed by atoms with Crippen LogP contribution in [-0.4, -0.2) is 23.3 Å². The third-order valence-electron chi connectivity index (χ3n) is 2.30. The second-order valence-electron chi connectivity index (χ2n) is 3.71. The first-order valence-corrected chi connectivity index (χ1v) is 6.41. The fourth-order valence-corrected chi connectivity index (χ4v) is 1.90. The van der Waals surface area contributed by atoms with E-state index in [1.54, 1.807) is 0 Å². The molecule has 1 aromatic carbocycles. The first-order chi connectivity index (χ1) is 8.79. The number of rotatable bonds is 6. The molecule has 6 heteroatoms. The highest BCUT2D eigenvalue weighted by atomic mass is 79.9. The fraction of sp³-hybridized carbons (Fsp3) is 0.333. The molecule has 1 aromatic heterocycles. The van der Waals surface area contributed by atoms with Crippen molar-refractivity contribution in [2.45, 2.75) is 13.0 Å². The van der Waals surface area contributed by atoms with E-state index in [4.69, 9.17) is 15.0 Å². The summed E-state index contributed by atoms with van der Waals surface area (Å²) in [5.41, 5.74) is 6.44. The lowest BCUT2D eigenvalue weighted by molar-refractivity contribution is 0.104. The van der Waals surface area contributed by atoms with Gasteiger partial charge in [-0.25, -0.2) is 0 Å². The van der Waals surface area contributed by atoms with Crippen molar-refractivity contribution in [1.29, 1.82) is 0 Å². The van der Waals surface area contributed by atoms with Crippen LogP contribution in [0.2, 0.25) is 0 Å². The summed E-state index contributed by atoms with van der Waals surface area (Å²) in [7, 11) is 0. The predicted molar refractivity (Wildman–Crippen MR) is 70.0 cm³/mol. The molecule has 2 N–H and O–H groups in total. The zero-order valence-corrected chi connectivity index (χ0v) is 11.4. The van der Waals surface area contributed by atoms with Crippen LogP contribution in [0.1, 0.15) is 17.3 Å². The maximum absolute atomic E-state index is 5.32. The lowest BCUT2D eigenvalue weighted by Crippen LogP contribution is -2.08. The number of nitrogens with zero attached hydrogens (tertiary/aromatic N) is 2. The molecule has 0 aliphatic carbocycles. The number of ether oxygens (including phenoxy) is 1. The van der Waals surface area contributed by atoms with Crippen molar-refractivity contribution in [2.24, 2.45) is 5.73 Å². The van der Waals surface area contributed by atoms with Crippen molar-refractivity contribution in [3.8, 4) is 0 Å². The summed E-state index contributed by atoms with van der Waals surface area (Å²) in [5.74, 6) is 1.12. The Morgan fingerprint density at radius 3 is 2.94 bits per heavy atom. The van der Waals surface area contributed by atoms with Crippen molar-refractivity contribution in [3.63, 3.8) is 0 Å². The van der Waals surface area contributed by atoms with E-state index in [2.05, 4.69) is 26.1 Å². The van der Waals surface area contributed by atoms with Gasteiger partial charge in [-0.2, -0.15) is 4.98 Å². The number of aromatic nitrogens is 2. The third-order valence-corrected chi connectivity index (χ3v) is 3.08. The van der Waals surface area contributed by atoms with Crippen LogP contribution in [0.4, 0.5) is 0 Å². The molecule has 0 unspecified atom stereocenters. The van der Waals surface area contributed by atoms with Crippen LogP contribution >= 0.6 is 15.9 Å². The van der Waals surface area contributed by atoms with Crippen LogP contribution in [0.5, 0.6) is 0 Å². The molecule has 0 fully saturated rings. The van der Waals surface area contributed by atoms with Gasteiger partial charge in [0.15, 0.2) is 5.82 Å². The SMILES string of the molecule is NCCOCc1nc(Cc2ccccc2Br)no1. The molecule has 0 atom stereocenters. The van der Waals surface area contributed by atoms with Gasteiger partial charge in [-0.05, 0) is 11.6 Å². The molecule has 18 heavy (non-hydrogen) atoms. The fourth-order valence-electron chi connectivity index (χ4n) is 1.48. The highest BCUT2D eigenvalue weighted by Gasteiger charge is 2.08. The summed E-state index contributed by atoms with van der Waals surface area (Å²) in [5, 5.41) is 3.91. The molecule has 0 radical (unpaired) electrons. The van der Waals surface area contributed by atoms with E-state index >= 15 is 0 Å². The molecule has 2 aromatic rings. The monoisotopic (exact) mass is 311 g/mol. The lowest BCUT2D eigenvalue weighted by atomic mass is 10.1. The van der Waals surface area contributed by atoms with Crippen molar-refractivity contribution in [2.75, 3.05) is 13.2 Å². The minimum atomic E-state index is 0.306. The van der Waals surface area contributed by atoms with Gasteiger partial charge < -0.3 is 15.0 Å². The smallest absolute Gasteiger partial charge is 0.252 e. The first-order valence-electron chi connectivity index (χ1n) is 5.62. The summed E-state index contributed by atoms with van der Waals surface area (Å²) in [4.78, 5) is 4.25. The molecule has 1 heterocycles. The molecular weight excluding hydrogens is 298 g/mol. The minimum Gasteiger partial charge on any atom is -0.370 e. The van der Waals surface area contributed by atoms with E-state index in [1.165, 1.54) is 0 Å². The van der Waals surface area contributed by atoms with Gasteiger partial charge in [-0.1, -0.05) is 39.3 Å². The summed E-state index contributed by atoms with van der Waals surface area (Å²) in [6.07, 6.45) is 0.627. The quantitative estimate of drug-likeness (QED) is 0.825. The van der Waals surface area contributed by atoms with E-state index in [1.807, 2.05) is 24.3 Å². The molecule has 0 aliphatic heterocycles. The van der Waals surface area contributed by atoms with E-state index in [9.17, 15) is 0 Å². The number of benzene rings is 1. The predicted octanol–water partition coefficient (Wildman–Crippen LogP) is 1.90. The Balaban J connectivity index is 1.96. The van der Waals surface area contributed by atoms with E-state index < -0.39 is 0 Å². The second kappa shape index (κ2) is 6.63. The Labute approximate surface area is 113 Å². The standard InChI is InChI=1S/C12H14BrN3O2/c13-10-4-2-1-3-9(10)7-11-15-12(18-16-11)8-17-6-5-14/h1-4H,5-8,14H2. The van der Waals surface area contributed by atoms with Crippen LogP contribution in [-0.2, 0) is 17.8 Å². The molecule has 96 valence electrons. The number of hydrogen-bond donors (Lipinski definition) is 1. The van der Waals surface area contributed by atoms with Crippen molar-refractivity contribution < 1.29 is 9.26 Å². The Morgan fingerprint density at radius 1 is 1.33 bits per heavy atom. The average Bonchev–Trinajstić information content (AvgIpc) is 2.80. The van der Waals surface area contributed by atoms with Gasteiger partial charge in [0.2, 0.25) is 0 Å². The van der Waals surface area contributed by atoms with E-state index in [0.29, 0.717) is 37.9 Å². The Bertz CT molecular complexity index is 502. The van der Waals surface area contributed by atoms with Gasteiger partial charge in [0.1, 0.15) is 6.61 Å². The molecule has 0 amide bonds. The van der Waals surface area contributed by atoms with Gasteiger partial charge in [-0.15, -0.1) is 0 Å². The summed E-state index contributed by atoms with van der Waals surface area (Å²) in [6, 6.07) is 7.95. The number of hydrogen-bond acceptors (Lipinski definition) is 5. The largest absolute Gasteiger partial charge is 0.370 e. The van der Waals surface area contributed by atoms with Crippen LogP contribution < -0.4 is 5.73 Å². The maximum atomic E-state index is 5.32. The highest BCUT2D eigenvalue weighted by Crippen LogP contribution is 2.18. The highest BCUT2D eigenvalue weighted by molar-refractivity contribution is 9.10. The van der Waals surface area contributed by atoms with E-state index in [0.717, 1.165) is 10.0 Å². The van der Waals surface area contributed by atoms with Gasteiger partial charge >= 0.3 is 0 Å². The van der Waals surface area contributed by atoms with Crippen LogP contribution in [0.25, 0.3) is 0 Å². The van der Waals surface area contributed by atoms with Gasteiger partial charge in [0.05, 0.1) is 6.61 Å². The Morgan fingerprint density at radius 2 is 2.17 bits per heavy atom. The molecule has 0 bridgehead atoms. The Hall–Kier alpha value is -1.24. The maximum Gasteiger partial charge on any atom is 0.252 e. The van der Waals surface area contributed by atoms with Crippen LogP contribution in [0, 0.1) is 0 Å². The summed E-state index contributed by atoms with van der Waals surface area (Å²) >= 11 is 3.49. The third kappa shape index (κ3) is 3.63. The molecule has 2 rings (SSSR count). The minimum absolute atomic E-state index is 0.306. The molecular formula is C12H14BrN3O2. The van der Waals surface area contributed by atoms with Crippen molar-refractivity contribution in [1.82, 2.24) is 10.1 Å². The van der Waals surface area contributed by atoms with Gasteiger partial charge in [0, 0.05) is 17.4 Å². The second-order valence-corrected chi connectivity index (χ2v) is 4.57. The van der Waals surface area contributed by atoms with Crippen molar-refractivity contribution in [3.05, 3.63) is 46.0 Å². The summed E-state index contributed by atoms with van der Waals surface area (Å²) in [6.45, 7) is 1.28. The molecule has 0 spiro atoms. The molecule has 0 saturated heterocycles. The molecule has 0 aliphatic rings. The zero-order chi connectivity index (χ0) is 12.8. The van der Waals surface area contributed by atoms with Gasteiger partial charge in [-0.3, -0.25) is 0 Å². The van der Waals surface area contributed by atoms with Crippen LogP contribution in [0.15, 0.2) is 33.3 Å². The van der Waals surface area contributed by atoms with Crippen LogP contribution in [0.3, 0.4) is 0 Å². The van der Waals surface area contributed by atoms with Gasteiger partial charge in [0.25, 0.3) is 5.89 Å². The Kier molecular flexibility index (Phi) is 4.86. The normalized spacial score (nSPS) is 10.8. The number of halogens is 1. The molecule has 5 nitrogen and oxygen atoms in total. The lowest BCUT2D eigenvalue weighted by Gasteiger charge is -1.99.